The maximum atomic E-state index is 14.5. The minimum absolute atomic E-state index is 0.0551. The van der Waals surface area contributed by atoms with Gasteiger partial charge in [0.2, 0.25) is 11.8 Å². The molecule has 0 saturated heterocycles. The van der Waals surface area contributed by atoms with Crippen molar-refractivity contribution in [2.24, 2.45) is 0 Å². The van der Waals surface area contributed by atoms with Gasteiger partial charge in [0.1, 0.15) is 23.4 Å². The largest absolute Gasteiger partial charge is 0.508 e. The zero-order valence-electron chi connectivity index (χ0n) is 25.9. The number of aromatic hydroxyl groups is 1. The van der Waals surface area contributed by atoms with Crippen molar-refractivity contribution in [3.05, 3.63) is 65.2 Å². The molecule has 3 amide bonds. The lowest BCUT2D eigenvalue weighted by Crippen LogP contribution is -2.54. The van der Waals surface area contributed by atoms with Crippen molar-refractivity contribution in [2.45, 2.75) is 116 Å². The molecule has 0 radical (unpaired) electrons. The first-order valence-corrected chi connectivity index (χ1v) is 15.4. The highest BCUT2D eigenvalue weighted by molar-refractivity contribution is 5.92. The number of unbranched alkanes of at least 4 members (excludes halogenated alkanes) is 2. The van der Waals surface area contributed by atoms with Gasteiger partial charge in [-0.2, -0.15) is 0 Å². The van der Waals surface area contributed by atoms with Gasteiger partial charge in [-0.3, -0.25) is 9.59 Å². The molecule has 3 rings (SSSR count). The highest BCUT2D eigenvalue weighted by atomic mass is 16.6. The van der Waals surface area contributed by atoms with Crippen molar-refractivity contribution in [1.29, 1.82) is 0 Å². The zero-order valence-corrected chi connectivity index (χ0v) is 25.9. The summed E-state index contributed by atoms with van der Waals surface area (Å²) in [5.41, 5.74) is 1.39. The maximum absolute atomic E-state index is 14.5. The Bertz CT molecular complexity index is 1170. The predicted molar refractivity (Wildman–Crippen MR) is 165 cm³/mol. The van der Waals surface area contributed by atoms with Crippen molar-refractivity contribution in [3.63, 3.8) is 0 Å². The fourth-order valence-electron chi connectivity index (χ4n) is 5.45. The van der Waals surface area contributed by atoms with Crippen LogP contribution in [-0.2, 0) is 20.7 Å². The average molecular weight is 580 g/mol. The van der Waals surface area contributed by atoms with Crippen LogP contribution in [0.1, 0.15) is 102 Å². The Hall–Kier alpha value is -3.55. The second-order valence-corrected chi connectivity index (χ2v) is 12.4. The number of benzene rings is 2. The summed E-state index contributed by atoms with van der Waals surface area (Å²) in [5.74, 6) is -0.467. The molecule has 2 aromatic rings. The number of alkyl carbamates (subject to hydrolysis) is 1. The highest BCUT2D eigenvalue weighted by Crippen LogP contribution is 2.29. The summed E-state index contributed by atoms with van der Waals surface area (Å²) in [6, 6.07) is 12.7. The molecule has 2 atom stereocenters. The lowest BCUT2D eigenvalue weighted by atomic mass is 9.94. The number of nitrogens with zero attached hydrogens (tertiary/aromatic N) is 1. The third-order valence-corrected chi connectivity index (χ3v) is 7.61. The minimum Gasteiger partial charge on any atom is -0.508 e. The van der Waals surface area contributed by atoms with E-state index in [-0.39, 0.29) is 30.0 Å². The first kappa shape index (κ1) is 33.0. The van der Waals surface area contributed by atoms with Crippen LogP contribution >= 0.6 is 0 Å². The van der Waals surface area contributed by atoms with E-state index < -0.39 is 23.8 Å². The first-order chi connectivity index (χ1) is 20.0. The number of carbonyl (C=O) groups is 3. The Morgan fingerprint density at radius 3 is 2.33 bits per heavy atom. The molecule has 0 bridgehead atoms. The van der Waals surface area contributed by atoms with Gasteiger partial charge in [-0.15, -0.1) is 0 Å². The first-order valence-electron chi connectivity index (χ1n) is 15.4. The second kappa shape index (κ2) is 15.6. The molecular weight excluding hydrogens is 530 g/mol. The van der Waals surface area contributed by atoms with Crippen LogP contribution in [0.5, 0.6) is 5.75 Å². The zero-order chi connectivity index (χ0) is 30.7. The molecule has 3 N–H and O–H groups in total. The molecule has 42 heavy (non-hydrogen) atoms. The lowest BCUT2D eigenvalue weighted by molar-refractivity contribution is -0.143. The number of rotatable bonds is 12. The number of phenols is 1. The van der Waals surface area contributed by atoms with Crippen LogP contribution < -0.4 is 10.6 Å². The van der Waals surface area contributed by atoms with Gasteiger partial charge in [0, 0.05) is 19.0 Å². The number of aryl methyl sites for hydroxylation is 1. The SMILES string of the molecule is CCCCCN(C(=O)C(Cc1ccccc1)NC(=O)OC(C)(C)C)C(C(=O)NC1CCCCC1)c1ccc(O)c(C)c1. The van der Waals surface area contributed by atoms with E-state index in [4.69, 9.17) is 4.74 Å². The lowest BCUT2D eigenvalue weighted by Gasteiger charge is -2.36. The normalized spacial score (nSPS) is 15.4. The number of hydrogen-bond acceptors (Lipinski definition) is 5. The Morgan fingerprint density at radius 1 is 1.02 bits per heavy atom. The molecular formula is C34H49N3O5. The quantitative estimate of drug-likeness (QED) is 0.254. The number of phenolic OH excluding ortho intramolecular Hbond substituents is 1. The molecule has 0 aliphatic heterocycles. The van der Waals surface area contributed by atoms with Crippen molar-refractivity contribution >= 4 is 17.9 Å². The van der Waals surface area contributed by atoms with Crippen LogP contribution in [0.15, 0.2) is 48.5 Å². The summed E-state index contributed by atoms with van der Waals surface area (Å²) in [4.78, 5) is 43.2. The number of hydrogen-bond donors (Lipinski definition) is 3. The molecule has 0 spiro atoms. The van der Waals surface area contributed by atoms with Crippen molar-refractivity contribution in [3.8, 4) is 5.75 Å². The molecule has 230 valence electrons. The Kier molecular flexibility index (Phi) is 12.3. The van der Waals surface area contributed by atoms with Crippen LogP contribution in [0.2, 0.25) is 0 Å². The van der Waals surface area contributed by atoms with E-state index in [2.05, 4.69) is 17.6 Å². The van der Waals surface area contributed by atoms with Gasteiger partial charge in [0.15, 0.2) is 0 Å². The van der Waals surface area contributed by atoms with E-state index in [1.54, 1.807) is 50.8 Å². The standard InChI is InChI=1S/C34H49N3O5/c1-6-7-14-21-37(32(40)28(23-25-15-10-8-11-16-25)36-33(41)42-34(3,4)5)30(26-19-20-29(38)24(2)22-26)31(39)35-27-17-12-9-13-18-27/h8,10-11,15-16,19-20,22,27-28,30,38H,6-7,9,12-14,17-18,21,23H2,1-5H3,(H,35,39)(H,36,41). The summed E-state index contributed by atoms with van der Waals surface area (Å²) in [7, 11) is 0. The monoisotopic (exact) mass is 579 g/mol. The van der Waals surface area contributed by atoms with E-state index in [0.29, 0.717) is 24.1 Å². The summed E-state index contributed by atoms with van der Waals surface area (Å²) < 4.78 is 5.53. The van der Waals surface area contributed by atoms with Gasteiger partial charge >= 0.3 is 6.09 Å². The summed E-state index contributed by atoms with van der Waals surface area (Å²) in [5, 5.41) is 16.3. The van der Waals surface area contributed by atoms with Crippen LogP contribution in [0.4, 0.5) is 4.79 Å². The molecule has 1 saturated carbocycles. The summed E-state index contributed by atoms with van der Waals surface area (Å²) in [6.45, 7) is 9.53. The third kappa shape index (κ3) is 10.1. The molecule has 2 unspecified atom stereocenters. The molecule has 1 aliphatic carbocycles. The topological polar surface area (TPSA) is 108 Å². The molecule has 1 fully saturated rings. The smallest absolute Gasteiger partial charge is 0.408 e. The van der Waals surface area contributed by atoms with E-state index in [9.17, 15) is 19.5 Å². The number of amides is 3. The summed E-state index contributed by atoms with van der Waals surface area (Å²) in [6.07, 6.45) is 7.20. The van der Waals surface area contributed by atoms with E-state index in [1.165, 1.54) is 0 Å². The molecule has 8 heteroatoms. The van der Waals surface area contributed by atoms with E-state index >= 15 is 0 Å². The van der Waals surface area contributed by atoms with Gasteiger partial charge in [-0.1, -0.05) is 75.4 Å². The van der Waals surface area contributed by atoms with E-state index in [1.807, 2.05) is 30.3 Å². The molecule has 1 aliphatic rings. The average Bonchev–Trinajstić information content (AvgIpc) is 2.93. The van der Waals surface area contributed by atoms with Crippen LogP contribution in [0, 0.1) is 6.92 Å². The van der Waals surface area contributed by atoms with Crippen LogP contribution in [0.25, 0.3) is 0 Å². The van der Waals surface area contributed by atoms with Gasteiger partial charge in [0.05, 0.1) is 0 Å². The van der Waals surface area contributed by atoms with Gasteiger partial charge < -0.3 is 25.4 Å². The van der Waals surface area contributed by atoms with Crippen LogP contribution in [-0.4, -0.2) is 52.1 Å². The second-order valence-electron chi connectivity index (χ2n) is 12.4. The van der Waals surface area contributed by atoms with E-state index in [0.717, 1.165) is 50.5 Å². The fraction of sp³-hybridized carbons (Fsp3) is 0.559. The Labute approximate surface area is 251 Å². The molecule has 0 aromatic heterocycles. The number of nitrogens with one attached hydrogen (secondary N) is 2. The molecule has 8 nitrogen and oxygen atoms in total. The highest BCUT2D eigenvalue weighted by Gasteiger charge is 2.37. The van der Waals surface area contributed by atoms with Gasteiger partial charge in [-0.05, 0) is 75.8 Å². The van der Waals surface area contributed by atoms with Gasteiger partial charge in [0.25, 0.3) is 0 Å². The van der Waals surface area contributed by atoms with Crippen LogP contribution in [0.3, 0.4) is 0 Å². The van der Waals surface area contributed by atoms with Gasteiger partial charge in [-0.25, -0.2) is 4.79 Å². The maximum Gasteiger partial charge on any atom is 0.408 e. The fourth-order valence-corrected chi connectivity index (χ4v) is 5.45. The number of ether oxygens (including phenoxy) is 1. The van der Waals surface area contributed by atoms with Crippen molar-refractivity contribution < 1.29 is 24.2 Å². The minimum atomic E-state index is -0.952. The molecule has 0 heterocycles. The van der Waals surface area contributed by atoms with Crippen molar-refractivity contribution in [2.75, 3.05) is 6.54 Å². The molecule has 2 aromatic carbocycles. The Balaban J connectivity index is 2.03. The predicted octanol–water partition coefficient (Wildman–Crippen LogP) is 6.35. The summed E-state index contributed by atoms with van der Waals surface area (Å²) >= 11 is 0. The van der Waals surface area contributed by atoms with Crippen molar-refractivity contribution in [1.82, 2.24) is 15.5 Å². The number of carbonyl (C=O) groups excluding carboxylic acids is 3. The Morgan fingerprint density at radius 2 is 1.71 bits per heavy atom. The third-order valence-electron chi connectivity index (χ3n) is 7.61.